The lowest BCUT2D eigenvalue weighted by Gasteiger charge is -2.37. The van der Waals surface area contributed by atoms with Gasteiger partial charge in [0.25, 0.3) is 5.91 Å². The van der Waals surface area contributed by atoms with Crippen LogP contribution in [0.2, 0.25) is 0 Å². The molecular weight excluding hydrogens is 380 g/mol. The highest BCUT2D eigenvalue weighted by atomic mass is 16.7. The fourth-order valence-corrected chi connectivity index (χ4v) is 4.29. The van der Waals surface area contributed by atoms with Gasteiger partial charge in [0.1, 0.15) is 5.56 Å². The summed E-state index contributed by atoms with van der Waals surface area (Å²) in [5, 5.41) is 4.58. The highest BCUT2D eigenvalue weighted by molar-refractivity contribution is 5.97. The van der Waals surface area contributed by atoms with Crippen molar-refractivity contribution in [3.63, 3.8) is 0 Å². The van der Waals surface area contributed by atoms with E-state index in [2.05, 4.69) is 24.2 Å². The van der Waals surface area contributed by atoms with Crippen LogP contribution < -0.4 is 0 Å². The monoisotopic (exact) mass is 406 g/mol. The van der Waals surface area contributed by atoms with Crippen LogP contribution in [-0.4, -0.2) is 57.2 Å². The lowest BCUT2D eigenvalue weighted by Crippen LogP contribution is -2.47. The zero-order chi connectivity index (χ0) is 20.6. The number of rotatable bonds is 4. The quantitative estimate of drug-likeness (QED) is 0.668. The van der Waals surface area contributed by atoms with Gasteiger partial charge in [0.05, 0.1) is 25.1 Å². The molecule has 5 rings (SSSR count). The number of carbonyl (C=O) groups is 1. The zero-order valence-corrected chi connectivity index (χ0v) is 17.2. The largest absolute Gasteiger partial charge is 0.347 e. The maximum absolute atomic E-state index is 13.4. The Hall–Kier alpha value is -2.90. The Kier molecular flexibility index (Phi) is 4.92. The van der Waals surface area contributed by atoms with E-state index in [4.69, 9.17) is 9.47 Å². The second kappa shape index (κ2) is 7.74. The second-order valence-corrected chi connectivity index (χ2v) is 7.80. The van der Waals surface area contributed by atoms with E-state index in [-0.39, 0.29) is 5.91 Å². The van der Waals surface area contributed by atoms with Gasteiger partial charge in [0.2, 0.25) is 0 Å². The van der Waals surface area contributed by atoms with Crippen molar-refractivity contribution in [1.82, 2.24) is 19.2 Å². The predicted octanol–water partition coefficient (Wildman–Crippen LogP) is 3.20. The summed E-state index contributed by atoms with van der Waals surface area (Å²) in [6, 6.07) is 12.2. The van der Waals surface area contributed by atoms with Gasteiger partial charge in [0.15, 0.2) is 11.6 Å². The van der Waals surface area contributed by atoms with Gasteiger partial charge < -0.3 is 18.9 Å². The lowest BCUT2D eigenvalue weighted by atomic mass is 10.0. The number of hydrogen-bond acceptors (Lipinski definition) is 4. The van der Waals surface area contributed by atoms with Crippen LogP contribution in [0, 0.1) is 0 Å². The molecule has 1 spiro atoms. The SMILES string of the molecule is CCc1ccc(-n2ncc(C(=O)N3CCC4(CC3)OCCO4)c2-n2cccc2)cc1. The molecule has 0 N–H and O–H groups in total. The van der Waals surface area contributed by atoms with Crippen LogP contribution in [0.25, 0.3) is 11.5 Å². The van der Waals surface area contributed by atoms with Gasteiger partial charge in [-0.05, 0) is 36.2 Å². The summed E-state index contributed by atoms with van der Waals surface area (Å²) >= 11 is 0. The van der Waals surface area contributed by atoms with Crippen molar-refractivity contribution < 1.29 is 14.3 Å². The average Bonchev–Trinajstić information content (AvgIpc) is 3.54. The number of benzene rings is 1. The fraction of sp³-hybridized carbons (Fsp3) is 0.391. The van der Waals surface area contributed by atoms with Crippen LogP contribution in [0.15, 0.2) is 55.0 Å². The summed E-state index contributed by atoms with van der Waals surface area (Å²) in [4.78, 5) is 15.3. The molecule has 2 saturated heterocycles. The normalized spacial score (nSPS) is 18.2. The molecule has 7 heteroatoms. The third-order valence-corrected chi connectivity index (χ3v) is 6.04. The molecule has 2 fully saturated rings. The van der Waals surface area contributed by atoms with E-state index in [9.17, 15) is 4.79 Å². The molecule has 2 aromatic heterocycles. The molecule has 1 amide bonds. The van der Waals surface area contributed by atoms with Gasteiger partial charge in [-0.3, -0.25) is 4.79 Å². The van der Waals surface area contributed by atoms with Gasteiger partial charge >= 0.3 is 0 Å². The van der Waals surface area contributed by atoms with Crippen molar-refractivity contribution in [3.8, 4) is 11.5 Å². The third kappa shape index (κ3) is 3.34. The molecule has 0 saturated carbocycles. The number of nitrogens with zero attached hydrogens (tertiary/aromatic N) is 4. The number of aromatic nitrogens is 3. The van der Waals surface area contributed by atoms with Crippen LogP contribution in [0.4, 0.5) is 0 Å². The molecule has 7 nitrogen and oxygen atoms in total. The van der Waals surface area contributed by atoms with E-state index >= 15 is 0 Å². The third-order valence-electron chi connectivity index (χ3n) is 6.04. The Morgan fingerprint density at radius 2 is 1.73 bits per heavy atom. The summed E-state index contributed by atoms with van der Waals surface area (Å²) in [7, 11) is 0. The van der Waals surface area contributed by atoms with Crippen molar-refractivity contribution in [2.45, 2.75) is 32.0 Å². The highest BCUT2D eigenvalue weighted by Gasteiger charge is 2.41. The van der Waals surface area contributed by atoms with Crippen LogP contribution in [0.5, 0.6) is 0 Å². The van der Waals surface area contributed by atoms with E-state index in [0.29, 0.717) is 44.7 Å². The molecule has 3 aromatic rings. The summed E-state index contributed by atoms with van der Waals surface area (Å²) in [6.07, 6.45) is 7.94. The van der Waals surface area contributed by atoms with Gasteiger partial charge in [-0.15, -0.1) is 0 Å². The van der Waals surface area contributed by atoms with E-state index < -0.39 is 5.79 Å². The van der Waals surface area contributed by atoms with Crippen LogP contribution >= 0.6 is 0 Å². The molecule has 0 unspecified atom stereocenters. The number of amides is 1. The minimum Gasteiger partial charge on any atom is -0.347 e. The van der Waals surface area contributed by atoms with Crippen molar-refractivity contribution in [2.75, 3.05) is 26.3 Å². The number of aryl methyl sites for hydroxylation is 1. The summed E-state index contributed by atoms with van der Waals surface area (Å²) < 4.78 is 15.4. The molecule has 0 radical (unpaired) electrons. The van der Waals surface area contributed by atoms with E-state index in [0.717, 1.165) is 17.9 Å². The van der Waals surface area contributed by atoms with Gasteiger partial charge in [-0.1, -0.05) is 19.1 Å². The van der Waals surface area contributed by atoms with Crippen molar-refractivity contribution in [3.05, 3.63) is 66.1 Å². The number of hydrogen-bond donors (Lipinski definition) is 0. The molecule has 4 heterocycles. The van der Waals surface area contributed by atoms with Crippen LogP contribution in [0.1, 0.15) is 35.7 Å². The van der Waals surface area contributed by atoms with E-state index in [1.54, 1.807) is 6.20 Å². The number of piperidine rings is 1. The molecule has 0 bridgehead atoms. The molecule has 0 aliphatic carbocycles. The molecule has 1 aromatic carbocycles. The lowest BCUT2D eigenvalue weighted by molar-refractivity contribution is -0.181. The summed E-state index contributed by atoms with van der Waals surface area (Å²) in [5.41, 5.74) is 2.79. The van der Waals surface area contributed by atoms with E-state index in [1.807, 2.05) is 50.8 Å². The smallest absolute Gasteiger partial charge is 0.259 e. The van der Waals surface area contributed by atoms with Crippen molar-refractivity contribution >= 4 is 5.91 Å². The van der Waals surface area contributed by atoms with Gasteiger partial charge in [-0.2, -0.15) is 5.10 Å². The van der Waals surface area contributed by atoms with Crippen LogP contribution in [-0.2, 0) is 15.9 Å². The molecule has 0 atom stereocenters. The fourth-order valence-electron chi connectivity index (χ4n) is 4.29. The first-order valence-electron chi connectivity index (χ1n) is 10.6. The topological polar surface area (TPSA) is 61.5 Å². The summed E-state index contributed by atoms with van der Waals surface area (Å²) in [5.74, 6) is 0.247. The number of carbonyl (C=O) groups excluding carboxylic acids is 1. The Bertz CT molecular complexity index is 1010. The maximum atomic E-state index is 13.4. The number of ether oxygens (including phenoxy) is 2. The Morgan fingerprint density at radius 3 is 2.37 bits per heavy atom. The summed E-state index contributed by atoms with van der Waals surface area (Å²) in [6.45, 7) is 4.63. The first kappa shape index (κ1) is 19.1. The first-order chi connectivity index (χ1) is 14.7. The standard InChI is InChI=1S/C23H26N4O3/c1-2-18-5-7-19(8-6-18)27-21(25-11-3-4-12-25)20(17-24-27)22(28)26-13-9-23(10-14-26)29-15-16-30-23/h3-8,11-12,17H,2,9-10,13-16H2,1H3. The van der Waals surface area contributed by atoms with Gasteiger partial charge in [-0.25, -0.2) is 4.68 Å². The predicted molar refractivity (Wildman–Crippen MR) is 112 cm³/mol. The van der Waals surface area contributed by atoms with Gasteiger partial charge in [0, 0.05) is 38.3 Å². The van der Waals surface area contributed by atoms with Crippen LogP contribution in [0.3, 0.4) is 0 Å². The molecule has 2 aliphatic rings. The molecule has 156 valence electrons. The Balaban J connectivity index is 1.46. The molecule has 2 aliphatic heterocycles. The average molecular weight is 406 g/mol. The molecule has 30 heavy (non-hydrogen) atoms. The minimum absolute atomic E-state index is 0.0111. The van der Waals surface area contributed by atoms with Crippen molar-refractivity contribution in [2.24, 2.45) is 0 Å². The van der Waals surface area contributed by atoms with Crippen molar-refractivity contribution in [1.29, 1.82) is 0 Å². The maximum Gasteiger partial charge on any atom is 0.259 e. The second-order valence-electron chi connectivity index (χ2n) is 7.80. The first-order valence-corrected chi connectivity index (χ1v) is 10.6. The van der Waals surface area contributed by atoms with E-state index in [1.165, 1.54) is 5.56 Å². The Morgan fingerprint density at radius 1 is 1.07 bits per heavy atom. The molecular formula is C23H26N4O3. The number of likely N-dealkylation sites (tertiary alicyclic amines) is 1. The zero-order valence-electron chi connectivity index (χ0n) is 17.2. The Labute approximate surface area is 175 Å². The minimum atomic E-state index is -0.495. The highest BCUT2D eigenvalue weighted by Crippen LogP contribution is 2.32.